The van der Waals surface area contributed by atoms with Gasteiger partial charge in [-0.05, 0) is 33.1 Å². The first-order valence-corrected chi connectivity index (χ1v) is 12.7. The first-order valence-electron chi connectivity index (χ1n) is 12.7. The third-order valence-electron chi connectivity index (χ3n) is 9.62. The molecule has 6 fully saturated rings. The smallest absolute Gasteiger partial charge is 0.408 e. The monoisotopic (exact) mass is 539 g/mol. The van der Waals surface area contributed by atoms with E-state index in [0.29, 0.717) is 0 Å². The van der Waals surface area contributed by atoms with E-state index in [1.54, 1.807) is 41.5 Å². The van der Waals surface area contributed by atoms with Crippen LogP contribution in [0.3, 0.4) is 0 Å². The molecule has 13 nitrogen and oxygen atoms in total. The summed E-state index contributed by atoms with van der Waals surface area (Å²) in [7, 11) is 0. The van der Waals surface area contributed by atoms with Gasteiger partial charge in [0.1, 0.15) is 17.6 Å². The molecule has 0 bridgehead atoms. The number of hydrogen-bond donors (Lipinski definition) is 4. The fourth-order valence-electron chi connectivity index (χ4n) is 8.83. The molecule has 13 heteroatoms. The van der Waals surface area contributed by atoms with Crippen LogP contribution in [0.15, 0.2) is 0 Å². The molecular weight excluding hydrogens is 506 g/mol. The Labute approximate surface area is 218 Å². The van der Waals surface area contributed by atoms with Gasteiger partial charge in [0.2, 0.25) is 18.0 Å². The lowest BCUT2D eigenvalue weighted by Gasteiger charge is -2.48. The minimum Gasteiger partial charge on any atom is -0.456 e. The van der Waals surface area contributed by atoms with E-state index in [-0.39, 0.29) is 0 Å². The summed E-state index contributed by atoms with van der Waals surface area (Å²) in [6.45, 7) is 11.7. The largest absolute Gasteiger partial charge is 0.456 e. The van der Waals surface area contributed by atoms with Crippen LogP contribution in [0.25, 0.3) is 0 Å². The van der Waals surface area contributed by atoms with Crippen LogP contribution in [0.1, 0.15) is 48.5 Å². The highest BCUT2D eigenvalue weighted by molar-refractivity contribution is 5.94. The van der Waals surface area contributed by atoms with Crippen molar-refractivity contribution < 1.29 is 58.2 Å². The van der Waals surface area contributed by atoms with E-state index in [1.165, 1.54) is 6.92 Å². The SMILES string of the molecule is C[C@@H]1C(=O)O[C@H]2[C@H](O)C34C5OC(=O)[C@@]3(OC3OC(=O)[C@H](OC(=O)NC(C)(C)C)C34[C@H](C(C)(C)C)[C@H]5O)[C@@]12O. The van der Waals surface area contributed by atoms with Gasteiger partial charge in [-0.3, -0.25) is 4.79 Å². The van der Waals surface area contributed by atoms with E-state index < -0.39 is 106 Å². The van der Waals surface area contributed by atoms with Gasteiger partial charge in [0.05, 0.1) is 17.4 Å². The molecule has 6 rings (SSSR count). The second kappa shape index (κ2) is 6.80. The Balaban J connectivity index is 1.65. The number of rotatable bonds is 1. The van der Waals surface area contributed by atoms with Crippen molar-refractivity contribution in [2.45, 2.75) is 102 Å². The maximum absolute atomic E-state index is 13.8. The molecule has 0 aromatic heterocycles. The maximum atomic E-state index is 13.8. The van der Waals surface area contributed by atoms with E-state index in [9.17, 15) is 34.5 Å². The Hall–Kier alpha value is -2.48. The minimum atomic E-state index is -2.48. The standard InChI is InChI=1S/C25H33NO12/c1-8-15(29)34-13-11(28)23-12-9(27)10(20(2,3)4)22(23)14(36-19(32)26-21(5,6)7)16(30)37-18(22)38-25(23,17(31)35-12)24(8,13)33/h8-14,18,27-28,33H,1-7H3,(H,26,32)/t8-,9-,10+,11+,12?,13+,14+,18?,22?,23?,24-,25+/m1/s1. The van der Waals surface area contributed by atoms with Crippen molar-refractivity contribution in [2.24, 2.45) is 28.1 Å². The van der Waals surface area contributed by atoms with E-state index in [2.05, 4.69) is 5.32 Å². The summed E-state index contributed by atoms with van der Waals surface area (Å²) in [4.78, 5) is 52.8. The van der Waals surface area contributed by atoms with Crippen molar-refractivity contribution in [3.8, 4) is 0 Å². The molecular formula is C25H33NO12. The number of alkyl carbamates (subject to hydrolysis) is 1. The normalized spacial score (nSPS) is 52.1. The number of fused-ring (bicyclic) bond motifs is 1. The Bertz CT molecular complexity index is 1170. The molecule has 1 amide bonds. The zero-order chi connectivity index (χ0) is 28.2. The number of aliphatic hydroxyl groups excluding tert-OH is 2. The van der Waals surface area contributed by atoms with Crippen LogP contribution in [-0.2, 0) is 38.1 Å². The number of esters is 3. The van der Waals surface area contributed by atoms with Crippen molar-refractivity contribution in [3.05, 3.63) is 0 Å². The predicted molar refractivity (Wildman–Crippen MR) is 121 cm³/mol. The van der Waals surface area contributed by atoms with Crippen LogP contribution in [0, 0.1) is 28.1 Å². The molecule has 4 heterocycles. The molecule has 4 aliphatic heterocycles. The molecule has 4 N–H and O–H groups in total. The minimum absolute atomic E-state index is 0.749. The van der Waals surface area contributed by atoms with E-state index >= 15 is 0 Å². The second-order valence-electron chi connectivity index (χ2n) is 13.5. The van der Waals surface area contributed by atoms with Gasteiger partial charge in [0.25, 0.3) is 0 Å². The van der Waals surface area contributed by atoms with Crippen molar-refractivity contribution in [2.75, 3.05) is 0 Å². The summed E-state index contributed by atoms with van der Waals surface area (Å²) in [5.74, 6) is -5.39. The quantitative estimate of drug-likeness (QED) is 0.239. The van der Waals surface area contributed by atoms with Gasteiger partial charge in [-0.2, -0.15) is 0 Å². The lowest BCUT2D eigenvalue weighted by Crippen LogP contribution is -2.67. The lowest BCUT2D eigenvalue weighted by molar-refractivity contribution is -0.240. The topological polar surface area (TPSA) is 187 Å². The van der Waals surface area contributed by atoms with E-state index in [4.69, 9.17) is 23.7 Å². The molecule has 2 spiro atoms. The summed E-state index contributed by atoms with van der Waals surface area (Å²) in [5.41, 5.74) is -10.5. The Morgan fingerprint density at radius 3 is 2.18 bits per heavy atom. The molecule has 0 radical (unpaired) electrons. The highest BCUT2D eigenvalue weighted by atomic mass is 16.8. The summed E-state index contributed by atoms with van der Waals surface area (Å²) in [6, 6.07) is 0. The fourth-order valence-corrected chi connectivity index (χ4v) is 8.83. The van der Waals surface area contributed by atoms with Crippen molar-refractivity contribution in [3.63, 3.8) is 0 Å². The third kappa shape index (κ3) is 2.29. The predicted octanol–water partition coefficient (Wildman–Crippen LogP) is -0.866. The van der Waals surface area contributed by atoms with Gasteiger partial charge in [0, 0.05) is 11.5 Å². The van der Waals surface area contributed by atoms with Gasteiger partial charge >= 0.3 is 24.0 Å². The van der Waals surface area contributed by atoms with Crippen LogP contribution in [0.5, 0.6) is 0 Å². The summed E-state index contributed by atoms with van der Waals surface area (Å²) in [5, 5.41) is 38.5. The Morgan fingerprint density at radius 1 is 0.974 bits per heavy atom. The van der Waals surface area contributed by atoms with Crippen LogP contribution < -0.4 is 5.32 Å². The molecule has 2 aliphatic carbocycles. The number of aliphatic hydroxyl groups is 3. The first-order chi connectivity index (χ1) is 17.3. The van der Waals surface area contributed by atoms with Crippen LogP contribution in [-0.4, -0.2) is 92.9 Å². The number of nitrogens with one attached hydrogen (secondary N) is 1. The molecule has 0 aromatic rings. The van der Waals surface area contributed by atoms with Crippen molar-refractivity contribution in [1.29, 1.82) is 0 Å². The zero-order valence-corrected chi connectivity index (χ0v) is 22.1. The van der Waals surface area contributed by atoms with Crippen molar-refractivity contribution in [1.82, 2.24) is 5.32 Å². The summed E-state index contributed by atoms with van der Waals surface area (Å²) in [6.07, 6.45) is -10.9. The van der Waals surface area contributed by atoms with Crippen LogP contribution in [0.2, 0.25) is 0 Å². The number of amides is 1. The fraction of sp³-hybridized carbons (Fsp3) is 0.840. The van der Waals surface area contributed by atoms with Gasteiger partial charge < -0.3 is 44.3 Å². The van der Waals surface area contributed by atoms with Crippen LogP contribution in [0.4, 0.5) is 4.79 Å². The highest BCUT2D eigenvalue weighted by Gasteiger charge is 3.05. The number of ether oxygens (including phenoxy) is 5. The molecule has 6 aliphatic rings. The zero-order valence-electron chi connectivity index (χ0n) is 22.1. The number of carbonyl (C=O) groups excluding carboxylic acids is 4. The Kier molecular flexibility index (Phi) is 4.61. The number of carbonyl (C=O) groups is 4. The average Bonchev–Trinajstić information content (AvgIpc) is 3.45. The third-order valence-corrected chi connectivity index (χ3v) is 9.62. The first kappa shape index (κ1) is 25.8. The highest BCUT2D eigenvalue weighted by Crippen LogP contribution is 2.84. The molecule has 210 valence electrons. The lowest BCUT2D eigenvalue weighted by atomic mass is 9.51. The molecule has 4 unspecified atom stereocenters. The maximum Gasteiger partial charge on any atom is 0.408 e. The van der Waals surface area contributed by atoms with Gasteiger partial charge in [-0.1, -0.05) is 20.8 Å². The molecule has 0 aromatic carbocycles. The number of hydrogen-bond acceptors (Lipinski definition) is 12. The van der Waals surface area contributed by atoms with Crippen molar-refractivity contribution >= 4 is 24.0 Å². The summed E-state index contributed by atoms with van der Waals surface area (Å²) < 4.78 is 28.6. The molecule has 2 saturated carbocycles. The molecule has 4 saturated heterocycles. The van der Waals surface area contributed by atoms with E-state index in [0.717, 1.165) is 0 Å². The van der Waals surface area contributed by atoms with Gasteiger partial charge in [-0.25, -0.2) is 14.4 Å². The summed E-state index contributed by atoms with van der Waals surface area (Å²) >= 11 is 0. The molecule has 38 heavy (non-hydrogen) atoms. The van der Waals surface area contributed by atoms with E-state index in [1.807, 2.05) is 0 Å². The van der Waals surface area contributed by atoms with Crippen LogP contribution >= 0.6 is 0 Å². The second-order valence-corrected chi connectivity index (χ2v) is 13.5. The average molecular weight is 540 g/mol. The van der Waals surface area contributed by atoms with Gasteiger partial charge in [0.15, 0.2) is 11.7 Å². The Morgan fingerprint density at radius 2 is 1.61 bits per heavy atom. The van der Waals surface area contributed by atoms with Gasteiger partial charge in [-0.15, -0.1) is 0 Å². The molecule has 12 atom stereocenters.